The Balaban J connectivity index is 3.75. The highest BCUT2D eigenvalue weighted by molar-refractivity contribution is 5.67. The van der Waals surface area contributed by atoms with Crippen LogP contribution >= 0.6 is 0 Å². The first-order chi connectivity index (χ1) is 6.73. The van der Waals surface area contributed by atoms with Gasteiger partial charge in [-0.15, -0.1) is 0 Å². The van der Waals surface area contributed by atoms with E-state index in [1.807, 2.05) is 46.7 Å². The summed E-state index contributed by atoms with van der Waals surface area (Å²) < 4.78 is 5.23. The standard InChI is InChI=1S/C11H24N2O2/c1-9(11(2,3)4)15-10(14)12-7-8-13(5)6/h9H,7-8H2,1-6H3,(H,12,14)/t9-/m1/s1. The molecule has 1 N–H and O–H groups in total. The lowest BCUT2D eigenvalue weighted by Crippen LogP contribution is -2.36. The molecule has 0 spiro atoms. The molecule has 1 atom stereocenters. The van der Waals surface area contributed by atoms with E-state index in [0.717, 1.165) is 6.54 Å². The molecule has 0 radical (unpaired) electrons. The molecule has 0 unspecified atom stereocenters. The summed E-state index contributed by atoms with van der Waals surface area (Å²) in [6, 6.07) is 0. The molecule has 0 fully saturated rings. The maximum Gasteiger partial charge on any atom is 0.407 e. The second-order valence-corrected chi connectivity index (χ2v) is 5.14. The van der Waals surface area contributed by atoms with E-state index >= 15 is 0 Å². The number of hydrogen-bond acceptors (Lipinski definition) is 3. The summed E-state index contributed by atoms with van der Waals surface area (Å²) in [5, 5.41) is 2.71. The number of carbonyl (C=O) groups excluding carboxylic acids is 1. The Bertz CT molecular complexity index is 197. The summed E-state index contributed by atoms with van der Waals surface area (Å²) in [6.45, 7) is 9.48. The third-order valence-electron chi connectivity index (χ3n) is 2.33. The normalized spacial score (nSPS) is 13.8. The third-order valence-corrected chi connectivity index (χ3v) is 2.33. The quantitative estimate of drug-likeness (QED) is 0.778. The van der Waals surface area contributed by atoms with Crippen LogP contribution in [0.1, 0.15) is 27.7 Å². The number of hydrogen-bond donors (Lipinski definition) is 1. The zero-order valence-electron chi connectivity index (χ0n) is 10.8. The van der Waals surface area contributed by atoms with Gasteiger partial charge in [0.1, 0.15) is 6.10 Å². The van der Waals surface area contributed by atoms with Gasteiger partial charge in [-0.05, 0) is 26.4 Å². The van der Waals surface area contributed by atoms with Crippen LogP contribution in [0.3, 0.4) is 0 Å². The van der Waals surface area contributed by atoms with Crippen molar-refractivity contribution in [1.29, 1.82) is 0 Å². The highest BCUT2D eigenvalue weighted by Gasteiger charge is 2.23. The monoisotopic (exact) mass is 216 g/mol. The zero-order valence-corrected chi connectivity index (χ0v) is 10.8. The molecule has 0 aromatic carbocycles. The van der Waals surface area contributed by atoms with Gasteiger partial charge in [-0.3, -0.25) is 0 Å². The van der Waals surface area contributed by atoms with E-state index < -0.39 is 0 Å². The minimum atomic E-state index is -0.334. The molecule has 0 saturated heterocycles. The van der Waals surface area contributed by atoms with E-state index in [1.54, 1.807) is 0 Å². The van der Waals surface area contributed by atoms with E-state index in [9.17, 15) is 4.79 Å². The lowest BCUT2D eigenvalue weighted by molar-refractivity contribution is 0.0436. The Labute approximate surface area is 93.0 Å². The van der Waals surface area contributed by atoms with Crippen molar-refractivity contribution in [3.05, 3.63) is 0 Å². The Hall–Kier alpha value is -0.770. The number of rotatable bonds is 4. The molecule has 4 nitrogen and oxygen atoms in total. The molecule has 90 valence electrons. The van der Waals surface area contributed by atoms with Gasteiger partial charge in [0.05, 0.1) is 0 Å². The number of likely N-dealkylation sites (N-methyl/N-ethyl adjacent to an activating group) is 1. The van der Waals surface area contributed by atoms with Crippen molar-refractivity contribution in [2.75, 3.05) is 27.2 Å². The van der Waals surface area contributed by atoms with Crippen molar-refractivity contribution in [1.82, 2.24) is 10.2 Å². The molecule has 4 heteroatoms. The van der Waals surface area contributed by atoms with E-state index in [0.29, 0.717) is 6.54 Å². The third kappa shape index (κ3) is 7.19. The number of amides is 1. The number of alkyl carbamates (subject to hydrolysis) is 1. The molecule has 0 aromatic heterocycles. The largest absolute Gasteiger partial charge is 0.446 e. The minimum Gasteiger partial charge on any atom is -0.446 e. The van der Waals surface area contributed by atoms with Gasteiger partial charge in [0, 0.05) is 13.1 Å². The van der Waals surface area contributed by atoms with E-state index in [2.05, 4.69) is 5.32 Å². The smallest absolute Gasteiger partial charge is 0.407 e. The van der Waals surface area contributed by atoms with Crippen molar-refractivity contribution in [3.8, 4) is 0 Å². The first kappa shape index (κ1) is 14.2. The molecule has 0 aliphatic carbocycles. The van der Waals surface area contributed by atoms with E-state index in [-0.39, 0.29) is 17.6 Å². The van der Waals surface area contributed by atoms with Gasteiger partial charge in [-0.2, -0.15) is 0 Å². The Morgan fingerprint density at radius 2 is 1.93 bits per heavy atom. The van der Waals surface area contributed by atoms with Gasteiger partial charge >= 0.3 is 6.09 Å². The highest BCUT2D eigenvalue weighted by Crippen LogP contribution is 2.21. The van der Waals surface area contributed by atoms with Crippen molar-refractivity contribution in [2.45, 2.75) is 33.8 Å². The average Bonchev–Trinajstić information content (AvgIpc) is 2.01. The fourth-order valence-corrected chi connectivity index (χ4v) is 0.761. The zero-order chi connectivity index (χ0) is 12.1. The van der Waals surface area contributed by atoms with Crippen LogP contribution in [0.5, 0.6) is 0 Å². The first-order valence-electron chi connectivity index (χ1n) is 5.32. The van der Waals surface area contributed by atoms with Crippen LogP contribution < -0.4 is 5.32 Å². The van der Waals surface area contributed by atoms with Gasteiger partial charge in [0.2, 0.25) is 0 Å². The molecular formula is C11H24N2O2. The summed E-state index contributed by atoms with van der Waals surface area (Å²) in [7, 11) is 3.93. The van der Waals surface area contributed by atoms with Crippen molar-refractivity contribution in [3.63, 3.8) is 0 Å². The number of nitrogens with zero attached hydrogens (tertiary/aromatic N) is 1. The van der Waals surface area contributed by atoms with E-state index in [4.69, 9.17) is 4.74 Å². The number of nitrogens with one attached hydrogen (secondary N) is 1. The molecule has 0 aromatic rings. The molecule has 1 amide bonds. The lowest BCUT2D eigenvalue weighted by atomic mass is 9.90. The maximum absolute atomic E-state index is 11.3. The van der Waals surface area contributed by atoms with Gasteiger partial charge in [-0.25, -0.2) is 4.79 Å². The van der Waals surface area contributed by atoms with Crippen LogP contribution in [0, 0.1) is 5.41 Å². The maximum atomic E-state index is 11.3. The summed E-state index contributed by atoms with van der Waals surface area (Å²) in [5.74, 6) is 0. The van der Waals surface area contributed by atoms with Gasteiger partial charge in [-0.1, -0.05) is 20.8 Å². The summed E-state index contributed by atoms with van der Waals surface area (Å²) in [6.07, 6.45) is -0.420. The van der Waals surface area contributed by atoms with Crippen LogP contribution in [-0.4, -0.2) is 44.3 Å². The number of ether oxygens (including phenoxy) is 1. The van der Waals surface area contributed by atoms with E-state index in [1.165, 1.54) is 0 Å². The van der Waals surface area contributed by atoms with Crippen LogP contribution in [0.15, 0.2) is 0 Å². The first-order valence-corrected chi connectivity index (χ1v) is 5.32. The second-order valence-electron chi connectivity index (χ2n) is 5.14. The van der Waals surface area contributed by atoms with Gasteiger partial charge < -0.3 is 15.0 Å². The predicted molar refractivity (Wildman–Crippen MR) is 62.0 cm³/mol. The molecule has 15 heavy (non-hydrogen) atoms. The van der Waals surface area contributed by atoms with Gasteiger partial charge in [0.15, 0.2) is 0 Å². The summed E-state index contributed by atoms with van der Waals surface area (Å²) >= 11 is 0. The van der Waals surface area contributed by atoms with Crippen LogP contribution in [0.25, 0.3) is 0 Å². The van der Waals surface area contributed by atoms with Crippen molar-refractivity contribution < 1.29 is 9.53 Å². The minimum absolute atomic E-state index is 0.0150. The molecule has 0 rings (SSSR count). The second kappa shape index (κ2) is 5.95. The Morgan fingerprint density at radius 1 is 1.40 bits per heavy atom. The number of carbonyl (C=O) groups is 1. The Kier molecular flexibility index (Phi) is 5.65. The van der Waals surface area contributed by atoms with Crippen LogP contribution in [0.2, 0.25) is 0 Å². The highest BCUT2D eigenvalue weighted by atomic mass is 16.6. The predicted octanol–water partition coefficient (Wildman–Crippen LogP) is 1.71. The lowest BCUT2D eigenvalue weighted by Gasteiger charge is -2.26. The molecule has 0 heterocycles. The molecule has 0 bridgehead atoms. The SMILES string of the molecule is C[C@@H](OC(=O)NCCN(C)C)C(C)(C)C. The fourth-order valence-electron chi connectivity index (χ4n) is 0.761. The molecular weight excluding hydrogens is 192 g/mol. The van der Waals surface area contributed by atoms with Crippen LogP contribution in [0.4, 0.5) is 4.79 Å². The molecule has 0 saturated carbocycles. The van der Waals surface area contributed by atoms with Gasteiger partial charge in [0.25, 0.3) is 0 Å². The average molecular weight is 216 g/mol. The summed E-state index contributed by atoms with van der Waals surface area (Å²) in [5.41, 5.74) is -0.0150. The Morgan fingerprint density at radius 3 is 2.33 bits per heavy atom. The van der Waals surface area contributed by atoms with Crippen LogP contribution in [-0.2, 0) is 4.74 Å². The molecule has 0 aliphatic heterocycles. The topological polar surface area (TPSA) is 41.6 Å². The fraction of sp³-hybridized carbons (Fsp3) is 0.909. The summed E-state index contributed by atoms with van der Waals surface area (Å²) in [4.78, 5) is 13.3. The van der Waals surface area contributed by atoms with Crippen molar-refractivity contribution >= 4 is 6.09 Å². The van der Waals surface area contributed by atoms with Crippen molar-refractivity contribution in [2.24, 2.45) is 5.41 Å². The molecule has 0 aliphatic rings.